The van der Waals surface area contributed by atoms with Crippen LogP contribution in [0.3, 0.4) is 0 Å². The Morgan fingerprint density at radius 2 is 1.93 bits per heavy atom. The van der Waals surface area contributed by atoms with Crippen LogP contribution in [-0.4, -0.2) is 30.5 Å². The predicted molar refractivity (Wildman–Crippen MR) is 60.2 cm³/mol. The van der Waals surface area contributed by atoms with E-state index >= 15 is 0 Å². The second kappa shape index (κ2) is 4.21. The second-order valence-corrected chi connectivity index (χ2v) is 4.12. The van der Waals surface area contributed by atoms with Gasteiger partial charge in [0.05, 0.1) is 25.4 Å². The average molecular weight is 207 g/mol. The van der Waals surface area contributed by atoms with Crippen LogP contribution in [0.5, 0.6) is 0 Å². The minimum atomic E-state index is -0.399. The molecule has 2 atom stereocenters. The molecule has 0 unspecified atom stereocenters. The van der Waals surface area contributed by atoms with E-state index in [1.807, 2.05) is 6.07 Å². The lowest BCUT2D eigenvalue weighted by Gasteiger charge is -2.19. The van der Waals surface area contributed by atoms with E-state index in [0.29, 0.717) is 13.2 Å². The number of nitrogens with one attached hydrogen (secondary N) is 1. The van der Waals surface area contributed by atoms with Gasteiger partial charge in [-0.2, -0.15) is 0 Å². The van der Waals surface area contributed by atoms with Crippen LogP contribution in [0.4, 0.5) is 5.69 Å². The maximum atomic E-state index is 9.64. The van der Waals surface area contributed by atoms with Crippen molar-refractivity contribution in [3.05, 3.63) is 29.3 Å². The van der Waals surface area contributed by atoms with Gasteiger partial charge in [0.1, 0.15) is 0 Å². The number of aliphatic hydroxyl groups excluding tert-OH is 1. The highest BCUT2D eigenvalue weighted by Crippen LogP contribution is 2.22. The summed E-state index contributed by atoms with van der Waals surface area (Å²) in [5.74, 6) is 0. The number of aliphatic hydroxyl groups is 1. The first kappa shape index (κ1) is 10.5. The molecule has 1 aromatic carbocycles. The van der Waals surface area contributed by atoms with E-state index in [1.165, 1.54) is 11.1 Å². The quantitative estimate of drug-likeness (QED) is 0.771. The topological polar surface area (TPSA) is 41.5 Å². The molecule has 1 aliphatic heterocycles. The Kier molecular flexibility index (Phi) is 2.93. The molecule has 0 spiro atoms. The minimum absolute atomic E-state index is 0.0183. The Balaban J connectivity index is 2.16. The first-order valence-electron chi connectivity index (χ1n) is 5.27. The fourth-order valence-corrected chi connectivity index (χ4v) is 1.91. The number of anilines is 1. The van der Waals surface area contributed by atoms with Crippen molar-refractivity contribution < 1.29 is 9.84 Å². The molecule has 2 N–H and O–H groups in total. The van der Waals surface area contributed by atoms with Crippen LogP contribution in [0.1, 0.15) is 11.1 Å². The standard InChI is InChI=1S/C12H17NO2/c1-8-4-3-5-9(2)12(8)13-10-6-15-7-11(10)14/h3-5,10-11,13-14H,6-7H2,1-2H3/t10-,11-/m0/s1. The molecular formula is C12H17NO2. The second-order valence-electron chi connectivity index (χ2n) is 4.12. The Morgan fingerprint density at radius 1 is 1.27 bits per heavy atom. The summed E-state index contributed by atoms with van der Waals surface area (Å²) >= 11 is 0. The summed E-state index contributed by atoms with van der Waals surface area (Å²) in [6, 6.07) is 6.19. The highest BCUT2D eigenvalue weighted by atomic mass is 16.5. The van der Waals surface area contributed by atoms with Crippen molar-refractivity contribution in [2.45, 2.75) is 26.0 Å². The molecule has 0 radical (unpaired) electrons. The van der Waals surface area contributed by atoms with E-state index in [4.69, 9.17) is 4.74 Å². The summed E-state index contributed by atoms with van der Waals surface area (Å²) in [5.41, 5.74) is 3.52. The molecule has 1 saturated heterocycles. The average Bonchev–Trinajstić information content (AvgIpc) is 2.58. The van der Waals surface area contributed by atoms with E-state index in [1.54, 1.807) is 0 Å². The lowest BCUT2D eigenvalue weighted by atomic mass is 10.1. The van der Waals surface area contributed by atoms with Crippen molar-refractivity contribution >= 4 is 5.69 Å². The third kappa shape index (κ3) is 2.13. The van der Waals surface area contributed by atoms with Gasteiger partial charge in [-0.3, -0.25) is 0 Å². The molecule has 1 aliphatic rings. The summed E-state index contributed by atoms with van der Waals surface area (Å²) in [5, 5.41) is 13.0. The summed E-state index contributed by atoms with van der Waals surface area (Å²) in [6.07, 6.45) is -0.399. The summed E-state index contributed by atoms with van der Waals surface area (Å²) in [4.78, 5) is 0. The highest BCUT2D eigenvalue weighted by molar-refractivity contribution is 5.57. The minimum Gasteiger partial charge on any atom is -0.388 e. The fourth-order valence-electron chi connectivity index (χ4n) is 1.91. The summed E-state index contributed by atoms with van der Waals surface area (Å²) in [7, 11) is 0. The zero-order valence-corrected chi connectivity index (χ0v) is 9.16. The number of hydrogen-bond acceptors (Lipinski definition) is 3. The number of benzene rings is 1. The molecule has 0 amide bonds. The van der Waals surface area contributed by atoms with Gasteiger partial charge in [0.2, 0.25) is 0 Å². The molecule has 3 heteroatoms. The Bertz CT molecular complexity index is 331. The Hall–Kier alpha value is -1.06. The highest BCUT2D eigenvalue weighted by Gasteiger charge is 2.26. The van der Waals surface area contributed by atoms with E-state index in [-0.39, 0.29) is 6.04 Å². The van der Waals surface area contributed by atoms with Crippen LogP contribution in [0.15, 0.2) is 18.2 Å². The third-order valence-electron chi connectivity index (χ3n) is 2.86. The monoisotopic (exact) mass is 207 g/mol. The van der Waals surface area contributed by atoms with Gasteiger partial charge in [0.25, 0.3) is 0 Å². The molecule has 1 heterocycles. The third-order valence-corrected chi connectivity index (χ3v) is 2.86. The maximum Gasteiger partial charge on any atom is 0.0996 e. The van der Waals surface area contributed by atoms with Crippen molar-refractivity contribution in [3.8, 4) is 0 Å². The van der Waals surface area contributed by atoms with Gasteiger partial charge in [-0.05, 0) is 25.0 Å². The van der Waals surface area contributed by atoms with Crippen molar-refractivity contribution in [1.29, 1.82) is 0 Å². The van der Waals surface area contributed by atoms with Crippen LogP contribution in [0.25, 0.3) is 0 Å². The zero-order valence-electron chi connectivity index (χ0n) is 9.16. The van der Waals surface area contributed by atoms with Crippen molar-refractivity contribution in [1.82, 2.24) is 0 Å². The number of aryl methyl sites for hydroxylation is 2. The molecule has 15 heavy (non-hydrogen) atoms. The van der Waals surface area contributed by atoms with E-state index < -0.39 is 6.10 Å². The number of hydrogen-bond donors (Lipinski definition) is 2. The number of ether oxygens (including phenoxy) is 1. The predicted octanol–water partition coefficient (Wildman–Crippen LogP) is 1.48. The number of para-hydroxylation sites is 1. The maximum absolute atomic E-state index is 9.64. The van der Waals surface area contributed by atoms with Gasteiger partial charge in [-0.1, -0.05) is 18.2 Å². The van der Waals surface area contributed by atoms with Crippen LogP contribution in [0.2, 0.25) is 0 Å². The zero-order chi connectivity index (χ0) is 10.8. The molecule has 1 aromatic rings. The van der Waals surface area contributed by atoms with E-state index in [9.17, 15) is 5.11 Å². The largest absolute Gasteiger partial charge is 0.388 e. The van der Waals surface area contributed by atoms with Crippen LogP contribution >= 0.6 is 0 Å². The lowest BCUT2D eigenvalue weighted by Crippen LogP contribution is -2.32. The first-order chi connectivity index (χ1) is 7.18. The molecule has 0 bridgehead atoms. The van der Waals surface area contributed by atoms with Crippen molar-refractivity contribution in [2.24, 2.45) is 0 Å². The summed E-state index contributed by atoms with van der Waals surface area (Å²) < 4.78 is 5.21. The smallest absolute Gasteiger partial charge is 0.0996 e. The lowest BCUT2D eigenvalue weighted by molar-refractivity contribution is 0.125. The molecule has 3 nitrogen and oxygen atoms in total. The normalized spacial score (nSPS) is 25.5. The molecule has 82 valence electrons. The molecule has 0 aromatic heterocycles. The van der Waals surface area contributed by atoms with Gasteiger partial charge in [-0.15, -0.1) is 0 Å². The summed E-state index contributed by atoms with van der Waals surface area (Å²) in [6.45, 7) is 5.15. The van der Waals surface area contributed by atoms with Crippen LogP contribution in [0, 0.1) is 13.8 Å². The Morgan fingerprint density at radius 3 is 2.47 bits per heavy atom. The SMILES string of the molecule is Cc1cccc(C)c1N[C@H]1COC[C@@H]1O. The van der Waals surface area contributed by atoms with Gasteiger partial charge >= 0.3 is 0 Å². The van der Waals surface area contributed by atoms with Gasteiger partial charge in [-0.25, -0.2) is 0 Å². The van der Waals surface area contributed by atoms with Gasteiger partial charge in [0.15, 0.2) is 0 Å². The van der Waals surface area contributed by atoms with Gasteiger partial charge in [0, 0.05) is 5.69 Å². The molecular weight excluding hydrogens is 190 g/mol. The van der Waals surface area contributed by atoms with Crippen molar-refractivity contribution in [3.63, 3.8) is 0 Å². The molecule has 0 saturated carbocycles. The molecule has 0 aliphatic carbocycles. The van der Waals surface area contributed by atoms with Crippen molar-refractivity contribution in [2.75, 3.05) is 18.5 Å². The molecule has 2 rings (SSSR count). The van der Waals surface area contributed by atoms with E-state index in [0.717, 1.165) is 5.69 Å². The fraction of sp³-hybridized carbons (Fsp3) is 0.500. The number of rotatable bonds is 2. The van der Waals surface area contributed by atoms with E-state index in [2.05, 4.69) is 31.3 Å². The first-order valence-corrected chi connectivity index (χ1v) is 5.27. The van der Waals surface area contributed by atoms with Crippen LogP contribution < -0.4 is 5.32 Å². The Labute approximate surface area is 90.1 Å². The van der Waals surface area contributed by atoms with Crippen LogP contribution in [-0.2, 0) is 4.74 Å². The molecule has 1 fully saturated rings. The van der Waals surface area contributed by atoms with Gasteiger partial charge < -0.3 is 15.2 Å².